The smallest absolute Gasteiger partial charge is 0.303 e. The maximum atomic E-state index is 13.0. The molecule has 1 unspecified atom stereocenters. The minimum atomic E-state index is -0.941. The second-order valence-corrected chi connectivity index (χ2v) is 7.69. The van der Waals surface area contributed by atoms with Crippen molar-refractivity contribution in [2.24, 2.45) is 0 Å². The summed E-state index contributed by atoms with van der Waals surface area (Å²) in [6, 6.07) is 16.4. The number of aryl methyl sites for hydroxylation is 1. The van der Waals surface area contributed by atoms with Crippen molar-refractivity contribution in [2.45, 2.75) is 39.1 Å². The van der Waals surface area contributed by atoms with Crippen LogP contribution in [0.25, 0.3) is 11.3 Å². The molecule has 168 valence electrons. The van der Waals surface area contributed by atoms with E-state index < -0.39 is 12.5 Å². The van der Waals surface area contributed by atoms with Crippen LogP contribution in [0.3, 0.4) is 0 Å². The summed E-state index contributed by atoms with van der Waals surface area (Å²) in [7, 11) is 1.61. The van der Waals surface area contributed by atoms with Crippen molar-refractivity contribution in [3.8, 4) is 17.1 Å². The summed E-state index contributed by atoms with van der Waals surface area (Å²) in [4.78, 5) is 25.0. The first-order chi connectivity index (χ1) is 15.9. The van der Waals surface area contributed by atoms with Crippen molar-refractivity contribution in [2.75, 3.05) is 13.7 Å². The SMILES string of the molecule is [2H]C(c1cc(C)ccc1OCCCCCC(=O)O)N(C)C(=O)c1ccc(-c2ccco2)cc1. The van der Waals surface area contributed by atoms with Gasteiger partial charge in [0, 0.05) is 36.7 Å². The number of hydrogen-bond donors (Lipinski definition) is 1. The third kappa shape index (κ3) is 6.48. The molecule has 3 rings (SSSR count). The lowest BCUT2D eigenvalue weighted by Gasteiger charge is -2.20. The maximum absolute atomic E-state index is 13.0. The summed E-state index contributed by atoms with van der Waals surface area (Å²) in [5.41, 5.74) is 2.95. The van der Waals surface area contributed by atoms with E-state index >= 15 is 0 Å². The van der Waals surface area contributed by atoms with E-state index in [1.807, 2.05) is 49.4 Å². The van der Waals surface area contributed by atoms with Crippen LogP contribution in [0.1, 0.15) is 48.5 Å². The van der Waals surface area contributed by atoms with Gasteiger partial charge in [-0.3, -0.25) is 9.59 Å². The minimum Gasteiger partial charge on any atom is -0.493 e. The zero-order chi connectivity index (χ0) is 23.8. The number of ether oxygens (including phenoxy) is 1. The minimum absolute atomic E-state index is 0.153. The van der Waals surface area contributed by atoms with Crippen LogP contribution in [-0.2, 0) is 11.3 Å². The first-order valence-corrected chi connectivity index (χ1v) is 10.7. The Bertz CT molecular complexity index is 1060. The highest BCUT2D eigenvalue weighted by atomic mass is 16.5. The van der Waals surface area contributed by atoms with E-state index in [-0.39, 0.29) is 12.3 Å². The number of carbonyl (C=O) groups is 2. The van der Waals surface area contributed by atoms with E-state index in [0.717, 1.165) is 29.7 Å². The molecular weight excluding hydrogens is 406 g/mol. The molecule has 1 heterocycles. The summed E-state index contributed by atoms with van der Waals surface area (Å²) >= 11 is 0. The predicted molar refractivity (Wildman–Crippen MR) is 123 cm³/mol. The van der Waals surface area contributed by atoms with Gasteiger partial charge in [-0.05, 0) is 56.5 Å². The fourth-order valence-electron chi connectivity index (χ4n) is 3.33. The Morgan fingerprint density at radius 3 is 2.56 bits per heavy atom. The van der Waals surface area contributed by atoms with Gasteiger partial charge in [0.2, 0.25) is 0 Å². The number of carboxylic acid groups (broad SMARTS) is 1. The summed E-state index contributed by atoms with van der Waals surface area (Å²) in [5.74, 6) is 0.233. The van der Waals surface area contributed by atoms with Crippen LogP contribution in [0.5, 0.6) is 5.75 Å². The molecule has 0 radical (unpaired) electrons. The average Bonchev–Trinajstić information content (AvgIpc) is 3.35. The predicted octanol–water partition coefficient (Wildman–Crippen LogP) is 5.55. The van der Waals surface area contributed by atoms with Crippen molar-refractivity contribution < 1.29 is 25.2 Å². The molecule has 3 aromatic rings. The number of nitrogens with zero attached hydrogens (tertiary/aromatic N) is 1. The van der Waals surface area contributed by atoms with Crippen molar-refractivity contribution in [1.82, 2.24) is 4.90 Å². The Morgan fingerprint density at radius 2 is 1.88 bits per heavy atom. The van der Waals surface area contributed by atoms with Crippen molar-refractivity contribution in [3.63, 3.8) is 0 Å². The lowest BCUT2D eigenvalue weighted by Crippen LogP contribution is -2.26. The van der Waals surface area contributed by atoms with E-state index in [1.165, 1.54) is 4.90 Å². The Labute approximate surface area is 189 Å². The van der Waals surface area contributed by atoms with Gasteiger partial charge in [-0.2, -0.15) is 0 Å². The van der Waals surface area contributed by atoms with Crippen LogP contribution in [0.2, 0.25) is 0 Å². The van der Waals surface area contributed by atoms with Gasteiger partial charge in [-0.25, -0.2) is 0 Å². The van der Waals surface area contributed by atoms with Crippen LogP contribution >= 0.6 is 0 Å². The molecule has 0 aliphatic rings. The highest BCUT2D eigenvalue weighted by Crippen LogP contribution is 2.24. The molecule has 0 fully saturated rings. The van der Waals surface area contributed by atoms with Gasteiger partial charge >= 0.3 is 5.97 Å². The Kier molecular flexibility index (Phi) is 7.58. The van der Waals surface area contributed by atoms with E-state index in [9.17, 15) is 9.59 Å². The topological polar surface area (TPSA) is 80.0 Å². The molecule has 32 heavy (non-hydrogen) atoms. The number of aliphatic carboxylic acids is 1. The summed E-state index contributed by atoms with van der Waals surface area (Å²) < 4.78 is 20.0. The van der Waals surface area contributed by atoms with E-state index in [2.05, 4.69) is 0 Å². The molecule has 1 N–H and O–H groups in total. The molecule has 0 saturated carbocycles. The zero-order valence-corrected chi connectivity index (χ0v) is 18.4. The van der Waals surface area contributed by atoms with Gasteiger partial charge in [-0.15, -0.1) is 0 Å². The summed E-state index contributed by atoms with van der Waals surface area (Å²) in [6.45, 7) is 1.42. The largest absolute Gasteiger partial charge is 0.493 e. The fraction of sp³-hybridized carbons (Fsp3) is 0.308. The summed E-state index contributed by atoms with van der Waals surface area (Å²) in [6.07, 6.45) is 3.84. The van der Waals surface area contributed by atoms with Gasteiger partial charge in [0.05, 0.1) is 14.2 Å². The lowest BCUT2D eigenvalue weighted by atomic mass is 10.1. The van der Waals surface area contributed by atoms with Gasteiger partial charge in [-0.1, -0.05) is 29.8 Å². The molecule has 0 aliphatic carbocycles. The quantitative estimate of drug-likeness (QED) is 0.399. The van der Waals surface area contributed by atoms with Crippen LogP contribution in [-0.4, -0.2) is 35.5 Å². The standard InChI is InChI=1S/C26H29NO5/c1-19-9-14-24(31-15-5-3-4-8-25(28)29)22(17-19)18-27(2)26(30)21-12-10-20(11-13-21)23-7-6-16-32-23/h6-7,9-14,16-17H,3-5,8,15,18H2,1-2H3,(H,28,29)/i18D. The lowest BCUT2D eigenvalue weighted by molar-refractivity contribution is -0.137. The highest BCUT2D eigenvalue weighted by molar-refractivity contribution is 5.94. The first-order valence-electron chi connectivity index (χ1n) is 11.2. The zero-order valence-electron chi connectivity index (χ0n) is 19.4. The Balaban J connectivity index is 1.66. The van der Waals surface area contributed by atoms with E-state index in [1.54, 1.807) is 25.4 Å². The number of benzene rings is 2. The number of rotatable bonds is 11. The highest BCUT2D eigenvalue weighted by Gasteiger charge is 2.15. The number of carboxylic acids is 1. The van der Waals surface area contributed by atoms with Gasteiger partial charge in [0.1, 0.15) is 11.5 Å². The van der Waals surface area contributed by atoms with E-state index in [0.29, 0.717) is 29.9 Å². The monoisotopic (exact) mass is 436 g/mol. The molecule has 6 heteroatoms. The molecule has 6 nitrogen and oxygen atoms in total. The van der Waals surface area contributed by atoms with Crippen LogP contribution < -0.4 is 4.74 Å². The first kappa shape index (κ1) is 21.7. The van der Waals surface area contributed by atoms with Gasteiger partial charge in [0.25, 0.3) is 5.91 Å². The number of furan rings is 1. The third-order valence-corrected chi connectivity index (χ3v) is 5.05. The number of carbonyl (C=O) groups excluding carboxylic acids is 1. The molecule has 1 aromatic heterocycles. The normalized spacial score (nSPS) is 12.1. The molecule has 0 aliphatic heterocycles. The van der Waals surface area contributed by atoms with Crippen molar-refractivity contribution in [3.05, 3.63) is 77.6 Å². The van der Waals surface area contributed by atoms with Crippen molar-refractivity contribution >= 4 is 11.9 Å². The maximum Gasteiger partial charge on any atom is 0.303 e. The van der Waals surface area contributed by atoms with Crippen LogP contribution in [0, 0.1) is 6.92 Å². The van der Waals surface area contributed by atoms with Gasteiger partial charge in [0.15, 0.2) is 0 Å². The summed E-state index contributed by atoms with van der Waals surface area (Å²) in [5, 5.41) is 8.72. The Hall–Kier alpha value is -3.54. The molecule has 1 atom stereocenters. The second kappa shape index (κ2) is 11.2. The van der Waals surface area contributed by atoms with E-state index in [4.69, 9.17) is 15.6 Å². The van der Waals surface area contributed by atoms with Crippen molar-refractivity contribution in [1.29, 1.82) is 0 Å². The molecular formula is C26H29NO5. The second-order valence-electron chi connectivity index (χ2n) is 7.69. The number of unbranched alkanes of at least 4 members (excludes halogenated alkanes) is 2. The molecule has 0 saturated heterocycles. The number of hydrogen-bond acceptors (Lipinski definition) is 4. The molecule has 1 amide bonds. The molecule has 0 bridgehead atoms. The molecule has 2 aromatic carbocycles. The Morgan fingerprint density at radius 1 is 1.09 bits per heavy atom. The van der Waals surface area contributed by atoms with Crippen LogP contribution in [0.15, 0.2) is 65.3 Å². The fourth-order valence-corrected chi connectivity index (χ4v) is 3.33. The third-order valence-electron chi connectivity index (χ3n) is 5.05. The van der Waals surface area contributed by atoms with Gasteiger partial charge < -0.3 is 19.2 Å². The number of amides is 1. The average molecular weight is 437 g/mol. The van der Waals surface area contributed by atoms with Crippen LogP contribution in [0.4, 0.5) is 0 Å². The molecule has 0 spiro atoms.